The molecule has 0 bridgehead atoms. The van der Waals surface area contributed by atoms with Gasteiger partial charge in [-0.05, 0) is 49.4 Å². The average Bonchev–Trinajstić information content (AvgIpc) is 3.14. The van der Waals surface area contributed by atoms with E-state index in [-0.39, 0.29) is 5.69 Å². The molecule has 3 aromatic rings. The zero-order chi connectivity index (χ0) is 17.9. The van der Waals surface area contributed by atoms with Crippen LogP contribution >= 0.6 is 11.8 Å². The third kappa shape index (κ3) is 3.44. The maximum atomic E-state index is 12.7. The summed E-state index contributed by atoms with van der Waals surface area (Å²) in [6, 6.07) is 14.2. The second-order valence-corrected chi connectivity index (χ2v) is 7.56. The minimum Gasteiger partial charge on any atom is -0.290 e. The number of benzene rings is 1. The van der Waals surface area contributed by atoms with Gasteiger partial charge in [0, 0.05) is 23.2 Å². The molecule has 0 radical (unpaired) electrons. The highest BCUT2D eigenvalue weighted by Gasteiger charge is 2.22. The van der Waals surface area contributed by atoms with Gasteiger partial charge in [-0.15, -0.1) is 11.8 Å². The van der Waals surface area contributed by atoms with E-state index in [1.807, 2.05) is 22.8 Å². The van der Waals surface area contributed by atoms with Crippen LogP contribution < -0.4 is 5.69 Å². The summed E-state index contributed by atoms with van der Waals surface area (Å²) in [5.74, 6) is 0.843. The molecule has 0 saturated heterocycles. The van der Waals surface area contributed by atoms with Crippen molar-refractivity contribution >= 4 is 11.8 Å². The summed E-state index contributed by atoms with van der Waals surface area (Å²) < 4.78 is 1.81. The molecule has 0 unspecified atom stereocenters. The highest BCUT2D eigenvalue weighted by atomic mass is 32.2. The summed E-state index contributed by atoms with van der Waals surface area (Å²) in [7, 11) is 0. The molecule has 1 aliphatic rings. The van der Waals surface area contributed by atoms with Crippen LogP contribution in [0.15, 0.2) is 58.5 Å². The lowest BCUT2D eigenvalue weighted by Crippen LogP contribution is -2.28. The Morgan fingerprint density at radius 2 is 1.96 bits per heavy atom. The van der Waals surface area contributed by atoms with Gasteiger partial charge in [0.25, 0.3) is 0 Å². The van der Waals surface area contributed by atoms with Gasteiger partial charge in [-0.3, -0.25) is 9.55 Å². The second-order valence-electron chi connectivity index (χ2n) is 6.60. The van der Waals surface area contributed by atoms with E-state index in [9.17, 15) is 4.79 Å². The zero-order valence-electron chi connectivity index (χ0n) is 14.8. The molecule has 1 aliphatic carbocycles. The first-order chi connectivity index (χ1) is 12.7. The number of hydrogen-bond acceptors (Lipinski definition) is 4. The molecule has 1 aromatic carbocycles. The first-order valence-electron chi connectivity index (χ1n) is 8.92. The molecule has 4 nitrogen and oxygen atoms in total. The minimum absolute atomic E-state index is 0.163. The largest absolute Gasteiger partial charge is 0.349 e. The van der Waals surface area contributed by atoms with Gasteiger partial charge in [0.15, 0.2) is 0 Å². The van der Waals surface area contributed by atoms with Gasteiger partial charge in [-0.1, -0.05) is 30.3 Å². The van der Waals surface area contributed by atoms with E-state index in [0.717, 1.165) is 41.4 Å². The van der Waals surface area contributed by atoms with Crippen molar-refractivity contribution in [3.63, 3.8) is 0 Å². The topological polar surface area (TPSA) is 47.8 Å². The molecule has 132 valence electrons. The maximum Gasteiger partial charge on any atom is 0.349 e. The summed E-state index contributed by atoms with van der Waals surface area (Å²) in [5.41, 5.74) is 5.69. The van der Waals surface area contributed by atoms with E-state index in [0.29, 0.717) is 6.54 Å². The van der Waals surface area contributed by atoms with Gasteiger partial charge < -0.3 is 0 Å². The van der Waals surface area contributed by atoms with Crippen LogP contribution in [0, 0.1) is 6.92 Å². The second kappa shape index (κ2) is 7.46. The molecular formula is C21H21N3OS. The molecule has 4 rings (SSSR count). The van der Waals surface area contributed by atoms with Crippen molar-refractivity contribution in [2.24, 2.45) is 0 Å². The Morgan fingerprint density at radius 1 is 1.12 bits per heavy atom. The van der Waals surface area contributed by atoms with Crippen molar-refractivity contribution in [1.82, 2.24) is 14.5 Å². The molecule has 0 fully saturated rings. The summed E-state index contributed by atoms with van der Waals surface area (Å²) in [4.78, 5) is 21.5. The van der Waals surface area contributed by atoms with Crippen LogP contribution in [-0.4, -0.2) is 14.5 Å². The minimum atomic E-state index is -0.163. The monoisotopic (exact) mass is 363 g/mol. The summed E-state index contributed by atoms with van der Waals surface area (Å²) >= 11 is 1.68. The first-order valence-corrected chi connectivity index (χ1v) is 9.91. The van der Waals surface area contributed by atoms with Gasteiger partial charge in [0.1, 0.15) is 5.03 Å². The van der Waals surface area contributed by atoms with E-state index in [1.165, 1.54) is 16.7 Å². The van der Waals surface area contributed by atoms with E-state index in [2.05, 4.69) is 41.2 Å². The van der Waals surface area contributed by atoms with Crippen molar-refractivity contribution in [1.29, 1.82) is 0 Å². The molecule has 0 amide bonds. The van der Waals surface area contributed by atoms with Crippen LogP contribution in [0.25, 0.3) is 0 Å². The van der Waals surface area contributed by atoms with Crippen molar-refractivity contribution in [2.45, 2.75) is 43.5 Å². The normalized spacial score (nSPS) is 13.0. The molecule has 2 heterocycles. The zero-order valence-corrected chi connectivity index (χ0v) is 15.6. The number of nitrogens with zero attached hydrogens (tertiary/aromatic N) is 3. The Morgan fingerprint density at radius 3 is 2.77 bits per heavy atom. The van der Waals surface area contributed by atoms with Crippen LogP contribution in [-0.2, 0) is 25.1 Å². The molecule has 0 atom stereocenters. The van der Waals surface area contributed by atoms with E-state index < -0.39 is 0 Å². The van der Waals surface area contributed by atoms with Gasteiger partial charge in [-0.2, -0.15) is 4.98 Å². The maximum absolute atomic E-state index is 12.7. The summed E-state index contributed by atoms with van der Waals surface area (Å²) in [5, 5.41) is 0.906. The fourth-order valence-corrected chi connectivity index (χ4v) is 4.59. The molecule has 2 aromatic heterocycles. The van der Waals surface area contributed by atoms with Crippen molar-refractivity contribution in [3.8, 4) is 0 Å². The number of rotatable bonds is 5. The lowest BCUT2D eigenvalue weighted by Gasteiger charge is -2.14. The van der Waals surface area contributed by atoms with Gasteiger partial charge >= 0.3 is 5.69 Å². The van der Waals surface area contributed by atoms with E-state index in [4.69, 9.17) is 0 Å². The third-order valence-electron chi connectivity index (χ3n) is 4.87. The van der Waals surface area contributed by atoms with Crippen molar-refractivity contribution in [3.05, 3.63) is 87.2 Å². The summed E-state index contributed by atoms with van der Waals surface area (Å²) in [6.45, 7) is 2.62. The van der Waals surface area contributed by atoms with E-state index in [1.54, 1.807) is 18.0 Å². The number of fused-ring (bicyclic) bond motifs is 1. The SMILES string of the molecule is Cc1ccccc1CSc1nc(=O)n(Cc2ccccn2)c2c1CCC2. The Kier molecular flexibility index (Phi) is 4.89. The van der Waals surface area contributed by atoms with Crippen LogP contribution in [0.1, 0.15) is 34.5 Å². The molecule has 26 heavy (non-hydrogen) atoms. The number of thioether (sulfide) groups is 1. The van der Waals surface area contributed by atoms with E-state index >= 15 is 0 Å². The first kappa shape index (κ1) is 17.0. The predicted molar refractivity (Wildman–Crippen MR) is 105 cm³/mol. The number of aromatic nitrogens is 3. The predicted octanol–water partition coefficient (Wildman–Crippen LogP) is 3.78. The fraction of sp³-hybridized carbons (Fsp3) is 0.286. The van der Waals surface area contributed by atoms with Gasteiger partial charge in [0.05, 0.1) is 12.2 Å². The molecule has 5 heteroatoms. The number of pyridine rings is 1. The van der Waals surface area contributed by atoms with Gasteiger partial charge in [-0.25, -0.2) is 4.79 Å². The molecule has 0 aliphatic heterocycles. The molecule has 0 spiro atoms. The van der Waals surface area contributed by atoms with Crippen LogP contribution in [0.5, 0.6) is 0 Å². The smallest absolute Gasteiger partial charge is 0.290 e. The lowest BCUT2D eigenvalue weighted by atomic mass is 10.1. The van der Waals surface area contributed by atoms with Crippen molar-refractivity contribution in [2.75, 3.05) is 0 Å². The Balaban J connectivity index is 1.64. The quantitative estimate of drug-likeness (QED) is 0.511. The Bertz CT molecular complexity index is 982. The standard InChI is InChI=1S/C21H21N3OS/c1-15-7-2-3-8-16(15)14-26-20-18-10-6-11-19(18)24(21(25)23-20)13-17-9-4-5-12-22-17/h2-5,7-9,12H,6,10-11,13-14H2,1H3. The highest BCUT2D eigenvalue weighted by molar-refractivity contribution is 7.98. The highest BCUT2D eigenvalue weighted by Crippen LogP contribution is 2.31. The fourth-order valence-electron chi connectivity index (χ4n) is 3.44. The van der Waals surface area contributed by atoms with Crippen LogP contribution in [0.3, 0.4) is 0 Å². The Hall–Kier alpha value is -2.40. The summed E-state index contributed by atoms with van der Waals surface area (Å²) in [6.07, 6.45) is 4.79. The van der Waals surface area contributed by atoms with Gasteiger partial charge in [0.2, 0.25) is 0 Å². The lowest BCUT2D eigenvalue weighted by molar-refractivity contribution is 0.656. The third-order valence-corrected chi connectivity index (χ3v) is 5.94. The average molecular weight is 363 g/mol. The number of hydrogen-bond donors (Lipinski definition) is 0. The molecular weight excluding hydrogens is 342 g/mol. The van der Waals surface area contributed by atoms with Crippen molar-refractivity contribution < 1.29 is 0 Å². The number of aryl methyl sites for hydroxylation is 1. The molecule has 0 N–H and O–H groups in total. The Labute approximate surface area is 157 Å². The molecule has 0 saturated carbocycles. The van der Waals surface area contributed by atoms with Crippen LogP contribution in [0.4, 0.5) is 0 Å². The van der Waals surface area contributed by atoms with Crippen LogP contribution in [0.2, 0.25) is 0 Å².